The number of anilines is 1. The Kier molecular flexibility index (Phi) is 4.52. The van der Waals surface area contributed by atoms with E-state index in [0.717, 1.165) is 5.56 Å². The minimum atomic E-state index is -0.322. The lowest BCUT2D eigenvalue weighted by Gasteiger charge is -2.17. The maximum absolute atomic E-state index is 12.1. The average molecular weight is 310 g/mol. The van der Waals surface area contributed by atoms with Gasteiger partial charge in [0.2, 0.25) is 5.91 Å². The van der Waals surface area contributed by atoms with Crippen molar-refractivity contribution in [1.29, 1.82) is 0 Å². The van der Waals surface area contributed by atoms with E-state index < -0.39 is 0 Å². The third-order valence-corrected chi connectivity index (χ3v) is 3.69. The van der Waals surface area contributed by atoms with Gasteiger partial charge in [-0.1, -0.05) is 30.3 Å². The molecule has 0 saturated carbocycles. The molecule has 23 heavy (non-hydrogen) atoms. The lowest BCUT2D eigenvalue weighted by molar-refractivity contribution is -0.128. The van der Waals surface area contributed by atoms with Crippen molar-refractivity contribution in [3.05, 3.63) is 60.4 Å². The Morgan fingerprint density at radius 3 is 2.78 bits per heavy atom. The van der Waals surface area contributed by atoms with Crippen LogP contribution in [0, 0.1) is 0 Å². The summed E-state index contributed by atoms with van der Waals surface area (Å²) in [6.07, 6.45) is 3.54. The lowest BCUT2D eigenvalue weighted by atomic mass is 10.2. The highest BCUT2D eigenvalue weighted by Gasteiger charge is 2.30. The van der Waals surface area contributed by atoms with Gasteiger partial charge in [0, 0.05) is 25.7 Å². The summed E-state index contributed by atoms with van der Waals surface area (Å²) in [6, 6.07) is 12.8. The Hall–Kier alpha value is -2.89. The van der Waals surface area contributed by atoms with Crippen molar-refractivity contribution in [2.75, 3.05) is 11.9 Å². The second kappa shape index (κ2) is 6.91. The highest BCUT2D eigenvalue weighted by Crippen LogP contribution is 2.15. The SMILES string of the molecule is O=C(Nc1cccnc1)NC1CC(=O)N(Cc2ccccc2)C1. The van der Waals surface area contributed by atoms with Crippen LogP contribution in [0.15, 0.2) is 54.9 Å². The van der Waals surface area contributed by atoms with Crippen LogP contribution in [0.3, 0.4) is 0 Å². The van der Waals surface area contributed by atoms with Crippen molar-refractivity contribution in [3.8, 4) is 0 Å². The van der Waals surface area contributed by atoms with Gasteiger partial charge in [-0.25, -0.2) is 4.79 Å². The molecule has 1 fully saturated rings. The van der Waals surface area contributed by atoms with E-state index in [9.17, 15) is 9.59 Å². The number of urea groups is 1. The number of hydrogen-bond donors (Lipinski definition) is 2. The van der Waals surface area contributed by atoms with Gasteiger partial charge < -0.3 is 15.5 Å². The van der Waals surface area contributed by atoms with Gasteiger partial charge in [0.15, 0.2) is 0 Å². The molecule has 2 N–H and O–H groups in total. The smallest absolute Gasteiger partial charge is 0.319 e. The Balaban J connectivity index is 1.52. The van der Waals surface area contributed by atoms with Crippen LogP contribution in [0.4, 0.5) is 10.5 Å². The minimum absolute atomic E-state index is 0.0560. The molecular weight excluding hydrogens is 292 g/mol. The zero-order valence-corrected chi connectivity index (χ0v) is 12.6. The van der Waals surface area contributed by atoms with Crippen molar-refractivity contribution in [1.82, 2.24) is 15.2 Å². The number of benzene rings is 1. The van der Waals surface area contributed by atoms with Gasteiger partial charge in [0.25, 0.3) is 0 Å². The van der Waals surface area contributed by atoms with Gasteiger partial charge in [-0.3, -0.25) is 9.78 Å². The van der Waals surface area contributed by atoms with Crippen LogP contribution in [-0.4, -0.2) is 34.4 Å². The summed E-state index contributed by atoms with van der Waals surface area (Å²) < 4.78 is 0. The predicted octanol–water partition coefficient (Wildman–Crippen LogP) is 2.00. The fraction of sp³-hybridized carbons (Fsp3) is 0.235. The highest BCUT2D eigenvalue weighted by atomic mass is 16.2. The molecule has 1 saturated heterocycles. The second-order valence-corrected chi connectivity index (χ2v) is 5.50. The maximum atomic E-state index is 12.1. The monoisotopic (exact) mass is 310 g/mol. The van der Waals surface area contributed by atoms with Crippen molar-refractivity contribution in [2.45, 2.75) is 19.0 Å². The van der Waals surface area contributed by atoms with Crippen molar-refractivity contribution < 1.29 is 9.59 Å². The molecule has 1 atom stereocenters. The van der Waals surface area contributed by atoms with E-state index >= 15 is 0 Å². The van der Waals surface area contributed by atoms with E-state index in [4.69, 9.17) is 0 Å². The van der Waals surface area contributed by atoms with Crippen LogP contribution in [0.5, 0.6) is 0 Å². The lowest BCUT2D eigenvalue weighted by Crippen LogP contribution is -2.39. The molecule has 2 aromatic rings. The van der Waals surface area contributed by atoms with E-state index in [1.807, 2.05) is 30.3 Å². The molecule has 0 spiro atoms. The fourth-order valence-electron chi connectivity index (χ4n) is 2.61. The fourth-order valence-corrected chi connectivity index (χ4v) is 2.61. The molecule has 6 heteroatoms. The van der Waals surface area contributed by atoms with E-state index in [2.05, 4.69) is 15.6 Å². The minimum Gasteiger partial charge on any atom is -0.336 e. The van der Waals surface area contributed by atoms with Gasteiger partial charge >= 0.3 is 6.03 Å². The molecular formula is C17H18N4O2. The maximum Gasteiger partial charge on any atom is 0.319 e. The standard InChI is InChI=1S/C17H18N4O2/c22-16-9-15(12-21(16)11-13-5-2-1-3-6-13)20-17(23)19-14-7-4-8-18-10-14/h1-8,10,15H,9,11-12H2,(H2,19,20,23). The number of carbonyl (C=O) groups excluding carboxylic acids is 2. The molecule has 2 heterocycles. The zero-order valence-electron chi connectivity index (χ0n) is 12.6. The highest BCUT2D eigenvalue weighted by molar-refractivity contribution is 5.90. The summed E-state index contributed by atoms with van der Waals surface area (Å²) in [6.45, 7) is 1.09. The first-order chi connectivity index (χ1) is 11.2. The summed E-state index contributed by atoms with van der Waals surface area (Å²) in [5, 5.41) is 5.54. The molecule has 1 aromatic heterocycles. The molecule has 6 nitrogen and oxygen atoms in total. The summed E-state index contributed by atoms with van der Waals surface area (Å²) in [5.74, 6) is 0.0560. The molecule has 0 aliphatic carbocycles. The van der Waals surface area contributed by atoms with Crippen LogP contribution < -0.4 is 10.6 Å². The first-order valence-corrected chi connectivity index (χ1v) is 7.50. The van der Waals surface area contributed by atoms with Crippen LogP contribution in [0.2, 0.25) is 0 Å². The molecule has 3 rings (SSSR count). The molecule has 1 aromatic carbocycles. The summed E-state index contributed by atoms with van der Waals surface area (Å²) in [7, 11) is 0. The Morgan fingerprint density at radius 1 is 1.22 bits per heavy atom. The number of nitrogens with one attached hydrogen (secondary N) is 2. The number of aromatic nitrogens is 1. The van der Waals surface area contributed by atoms with Crippen molar-refractivity contribution in [2.24, 2.45) is 0 Å². The first kappa shape index (κ1) is 15.0. The van der Waals surface area contributed by atoms with Crippen LogP contribution in [0.25, 0.3) is 0 Å². The predicted molar refractivity (Wildman–Crippen MR) is 86.7 cm³/mol. The topological polar surface area (TPSA) is 74.3 Å². The van der Waals surface area contributed by atoms with E-state index in [-0.39, 0.29) is 18.0 Å². The quantitative estimate of drug-likeness (QED) is 0.907. The molecule has 0 radical (unpaired) electrons. The summed E-state index contributed by atoms with van der Waals surface area (Å²) >= 11 is 0. The molecule has 118 valence electrons. The van der Waals surface area contributed by atoms with Crippen LogP contribution in [-0.2, 0) is 11.3 Å². The largest absolute Gasteiger partial charge is 0.336 e. The Labute approximate surface area is 134 Å². The van der Waals surface area contributed by atoms with Crippen LogP contribution in [0.1, 0.15) is 12.0 Å². The van der Waals surface area contributed by atoms with E-state index in [1.165, 1.54) is 0 Å². The van der Waals surface area contributed by atoms with E-state index in [1.54, 1.807) is 29.4 Å². The van der Waals surface area contributed by atoms with Gasteiger partial charge in [0.1, 0.15) is 0 Å². The average Bonchev–Trinajstić information content (AvgIpc) is 2.88. The van der Waals surface area contributed by atoms with Gasteiger partial charge in [0.05, 0.1) is 17.9 Å². The Morgan fingerprint density at radius 2 is 2.04 bits per heavy atom. The number of rotatable bonds is 4. The second-order valence-electron chi connectivity index (χ2n) is 5.50. The number of likely N-dealkylation sites (tertiary alicyclic amines) is 1. The Bertz CT molecular complexity index is 676. The van der Waals surface area contributed by atoms with Crippen LogP contribution >= 0.6 is 0 Å². The first-order valence-electron chi connectivity index (χ1n) is 7.50. The number of carbonyl (C=O) groups is 2. The molecule has 1 aliphatic rings. The number of pyridine rings is 1. The third kappa shape index (κ3) is 4.06. The normalized spacial score (nSPS) is 17.1. The number of nitrogens with zero attached hydrogens (tertiary/aromatic N) is 2. The molecule has 1 aliphatic heterocycles. The van der Waals surface area contributed by atoms with Gasteiger partial charge in [-0.2, -0.15) is 0 Å². The molecule has 3 amide bonds. The summed E-state index contributed by atoms with van der Waals surface area (Å²) in [5.41, 5.74) is 1.71. The molecule has 1 unspecified atom stereocenters. The number of amides is 3. The van der Waals surface area contributed by atoms with E-state index in [0.29, 0.717) is 25.2 Å². The van der Waals surface area contributed by atoms with Crippen molar-refractivity contribution in [3.63, 3.8) is 0 Å². The van der Waals surface area contributed by atoms with Crippen molar-refractivity contribution >= 4 is 17.6 Å². The van der Waals surface area contributed by atoms with Gasteiger partial charge in [-0.15, -0.1) is 0 Å². The molecule has 0 bridgehead atoms. The van der Waals surface area contributed by atoms with Gasteiger partial charge in [-0.05, 0) is 17.7 Å². The summed E-state index contributed by atoms with van der Waals surface area (Å²) in [4.78, 5) is 29.7. The third-order valence-electron chi connectivity index (χ3n) is 3.69. The zero-order chi connectivity index (χ0) is 16.1. The number of hydrogen-bond acceptors (Lipinski definition) is 3.